The maximum atomic E-state index is 5.53. The lowest BCUT2D eigenvalue weighted by atomic mass is 9.83. The minimum atomic E-state index is 0.370. The summed E-state index contributed by atoms with van der Waals surface area (Å²) in [6.07, 6.45) is 7.60. The predicted octanol–water partition coefficient (Wildman–Crippen LogP) is 2.50. The van der Waals surface area contributed by atoms with E-state index >= 15 is 0 Å². The van der Waals surface area contributed by atoms with E-state index in [1.54, 1.807) is 7.11 Å². The van der Waals surface area contributed by atoms with Crippen molar-refractivity contribution in [2.24, 2.45) is 16.3 Å². The van der Waals surface area contributed by atoms with Crippen LogP contribution in [0.4, 0.5) is 0 Å². The minimum Gasteiger partial charge on any atom is -0.385 e. The number of hydrogen-bond acceptors (Lipinski definition) is 4. The molecule has 0 aromatic heterocycles. The van der Waals surface area contributed by atoms with Crippen molar-refractivity contribution in [3.8, 4) is 0 Å². The molecule has 0 aromatic carbocycles. The smallest absolute Gasteiger partial charge is 0.191 e. The number of ether oxygens (including phenoxy) is 2. The van der Waals surface area contributed by atoms with Crippen molar-refractivity contribution >= 4 is 5.96 Å². The molecule has 1 saturated heterocycles. The molecule has 2 aliphatic rings. The molecule has 0 spiro atoms. The Morgan fingerprint density at radius 1 is 1.19 bits per heavy atom. The van der Waals surface area contributed by atoms with Crippen molar-refractivity contribution in [1.29, 1.82) is 0 Å². The first-order chi connectivity index (χ1) is 13.1. The van der Waals surface area contributed by atoms with Gasteiger partial charge in [-0.05, 0) is 37.0 Å². The van der Waals surface area contributed by atoms with E-state index in [4.69, 9.17) is 9.47 Å². The number of morpholine rings is 1. The van der Waals surface area contributed by atoms with Gasteiger partial charge < -0.3 is 20.1 Å². The molecule has 158 valence electrons. The van der Waals surface area contributed by atoms with Gasteiger partial charge in [-0.25, -0.2) is 0 Å². The lowest BCUT2D eigenvalue weighted by Gasteiger charge is -2.36. The maximum absolute atomic E-state index is 5.53. The summed E-state index contributed by atoms with van der Waals surface area (Å²) in [4.78, 5) is 7.05. The molecular weight excluding hydrogens is 340 g/mol. The fraction of sp³-hybridized carbons (Fsp3) is 0.952. The Morgan fingerprint density at radius 3 is 2.48 bits per heavy atom. The lowest BCUT2D eigenvalue weighted by Crippen LogP contribution is -2.51. The summed E-state index contributed by atoms with van der Waals surface area (Å²) < 4.78 is 10.9. The van der Waals surface area contributed by atoms with Crippen molar-refractivity contribution in [2.75, 3.05) is 60.2 Å². The van der Waals surface area contributed by atoms with Gasteiger partial charge in [0.1, 0.15) is 0 Å². The summed E-state index contributed by atoms with van der Waals surface area (Å²) >= 11 is 0. The van der Waals surface area contributed by atoms with Crippen LogP contribution in [0, 0.1) is 11.3 Å². The monoisotopic (exact) mass is 382 g/mol. The van der Waals surface area contributed by atoms with Crippen molar-refractivity contribution in [3.63, 3.8) is 0 Å². The highest BCUT2D eigenvalue weighted by Gasteiger charge is 2.33. The normalized spacial score (nSPS) is 22.2. The van der Waals surface area contributed by atoms with E-state index in [1.165, 1.54) is 32.1 Å². The summed E-state index contributed by atoms with van der Waals surface area (Å²) in [5, 5.41) is 7.21. The molecule has 2 N–H and O–H groups in total. The topological polar surface area (TPSA) is 58.1 Å². The standard InChI is InChI=1S/C21H42N4O2/c1-18(2)15-19(25-10-13-27-14-11-25)16-23-20(22-3)24-17-21(9-12-26-4)7-5-6-8-21/h18-19H,5-17H2,1-4H3,(H2,22,23,24). The summed E-state index contributed by atoms with van der Waals surface area (Å²) in [7, 11) is 3.68. The van der Waals surface area contributed by atoms with Gasteiger partial charge in [-0.3, -0.25) is 9.89 Å². The first-order valence-corrected chi connectivity index (χ1v) is 10.8. The summed E-state index contributed by atoms with van der Waals surface area (Å²) in [5.74, 6) is 1.62. The molecule has 0 aromatic rings. The quantitative estimate of drug-likeness (QED) is 0.449. The minimum absolute atomic E-state index is 0.370. The van der Waals surface area contributed by atoms with E-state index < -0.39 is 0 Å². The Morgan fingerprint density at radius 2 is 1.89 bits per heavy atom. The average Bonchev–Trinajstić information content (AvgIpc) is 3.15. The molecule has 1 atom stereocenters. The summed E-state index contributed by atoms with van der Waals surface area (Å²) in [6, 6.07) is 0.529. The number of guanidine groups is 1. The Balaban J connectivity index is 1.84. The fourth-order valence-electron chi connectivity index (χ4n) is 4.51. The van der Waals surface area contributed by atoms with Gasteiger partial charge in [-0.1, -0.05) is 26.7 Å². The first kappa shape index (κ1) is 22.4. The molecule has 1 saturated carbocycles. The third kappa shape index (κ3) is 7.59. The van der Waals surface area contributed by atoms with Crippen LogP contribution in [0.25, 0.3) is 0 Å². The van der Waals surface area contributed by atoms with Crippen LogP contribution in [-0.2, 0) is 9.47 Å². The number of nitrogens with one attached hydrogen (secondary N) is 2. The van der Waals surface area contributed by atoms with Crippen molar-refractivity contribution < 1.29 is 9.47 Å². The Bertz CT molecular complexity index is 430. The van der Waals surface area contributed by atoms with Crippen molar-refractivity contribution in [1.82, 2.24) is 15.5 Å². The van der Waals surface area contributed by atoms with E-state index in [1.807, 2.05) is 7.05 Å². The molecule has 2 rings (SSSR count). The summed E-state index contributed by atoms with van der Waals surface area (Å²) in [5.41, 5.74) is 0.370. The Labute approximate surface area is 166 Å². The van der Waals surface area contributed by atoms with Gasteiger partial charge in [0.2, 0.25) is 0 Å². The van der Waals surface area contributed by atoms with Crippen LogP contribution in [-0.4, -0.2) is 77.1 Å². The molecule has 1 unspecified atom stereocenters. The average molecular weight is 383 g/mol. The van der Waals surface area contributed by atoms with Crippen LogP contribution in [0.5, 0.6) is 0 Å². The molecule has 1 aliphatic heterocycles. The van der Waals surface area contributed by atoms with Crippen molar-refractivity contribution in [2.45, 2.75) is 58.4 Å². The highest BCUT2D eigenvalue weighted by Crippen LogP contribution is 2.40. The molecule has 1 heterocycles. The third-order valence-electron chi connectivity index (χ3n) is 6.17. The van der Waals surface area contributed by atoms with Gasteiger partial charge >= 0.3 is 0 Å². The molecule has 2 fully saturated rings. The second-order valence-corrected chi connectivity index (χ2v) is 8.69. The fourth-order valence-corrected chi connectivity index (χ4v) is 4.51. The number of hydrogen-bond donors (Lipinski definition) is 2. The van der Waals surface area contributed by atoms with Crippen LogP contribution in [0.15, 0.2) is 4.99 Å². The number of aliphatic imine (C=N–C) groups is 1. The van der Waals surface area contributed by atoms with Gasteiger partial charge in [-0.2, -0.15) is 0 Å². The summed E-state index contributed by atoms with van der Waals surface area (Å²) in [6.45, 7) is 11.1. The van der Waals surface area contributed by atoms with Crippen LogP contribution in [0.3, 0.4) is 0 Å². The largest absolute Gasteiger partial charge is 0.385 e. The van der Waals surface area contributed by atoms with Crippen molar-refractivity contribution in [3.05, 3.63) is 0 Å². The zero-order valence-corrected chi connectivity index (χ0v) is 18.1. The molecular formula is C21H42N4O2. The molecule has 6 heteroatoms. The highest BCUT2D eigenvalue weighted by atomic mass is 16.5. The van der Waals surface area contributed by atoms with E-state index in [-0.39, 0.29) is 0 Å². The first-order valence-electron chi connectivity index (χ1n) is 10.8. The van der Waals surface area contributed by atoms with Crippen LogP contribution >= 0.6 is 0 Å². The lowest BCUT2D eigenvalue weighted by molar-refractivity contribution is 0.0132. The van der Waals surface area contributed by atoms with Gasteiger partial charge in [0, 0.05) is 53.0 Å². The number of nitrogens with zero attached hydrogens (tertiary/aromatic N) is 2. The number of methoxy groups -OCH3 is 1. The SMILES string of the molecule is CN=C(NCC(CC(C)C)N1CCOCC1)NCC1(CCOC)CCCC1. The molecule has 0 bridgehead atoms. The molecule has 27 heavy (non-hydrogen) atoms. The van der Waals surface area contributed by atoms with E-state index in [2.05, 4.69) is 34.4 Å². The zero-order chi connectivity index (χ0) is 19.5. The molecule has 6 nitrogen and oxygen atoms in total. The predicted molar refractivity (Wildman–Crippen MR) is 112 cm³/mol. The number of rotatable bonds is 10. The van der Waals surface area contributed by atoms with E-state index in [0.29, 0.717) is 17.4 Å². The Hall–Kier alpha value is -0.850. The maximum Gasteiger partial charge on any atom is 0.191 e. The van der Waals surface area contributed by atoms with E-state index in [0.717, 1.165) is 58.4 Å². The van der Waals surface area contributed by atoms with Gasteiger partial charge in [0.15, 0.2) is 5.96 Å². The van der Waals surface area contributed by atoms with E-state index in [9.17, 15) is 0 Å². The van der Waals surface area contributed by atoms with Crippen LogP contribution < -0.4 is 10.6 Å². The highest BCUT2D eigenvalue weighted by molar-refractivity contribution is 5.79. The van der Waals surface area contributed by atoms with Crippen LogP contribution in [0.2, 0.25) is 0 Å². The Kier molecular flexibility index (Phi) is 9.87. The van der Waals surface area contributed by atoms with Crippen LogP contribution in [0.1, 0.15) is 52.4 Å². The second kappa shape index (κ2) is 11.9. The third-order valence-corrected chi connectivity index (χ3v) is 6.17. The second-order valence-electron chi connectivity index (χ2n) is 8.69. The zero-order valence-electron chi connectivity index (χ0n) is 18.1. The molecule has 0 amide bonds. The van der Waals surface area contributed by atoms with Gasteiger partial charge in [0.05, 0.1) is 13.2 Å². The van der Waals surface area contributed by atoms with Gasteiger partial charge in [0.25, 0.3) is 0 Å². The van der Waals surface area contributed by atoms with Gasteiger partial charge in [-0.15, -0.1) is 0 Å². The molecule has 1 aliphatic carbocycles. The molecule has 0 radical (unpaired) electrons.